The molecule has 4 heteroatoms. The molecule has 0 spiro atoms. The quantitative estimate of drug-likeness (QED) is 0.205. The molecule has 0 amide bonds. The minimum atomic E-state index is 0.0291. The second kappa shape index (κ2) is 11.3. The monoisotopic (exact) mass is 576 g/mol. The number of allylic oxidation sites excluding steroid dienone is 2. The first-order chi connectivity index (χ1) is 22.2. The number of fused-ring (bicyclic) bond motifs is 3. The maximum absolute atomic E-state index is 4.94. The topological polar surface area (TPSA) is 51.6 Å². The van der Waals surface area contributed by atoms with Crippen molar-refractivity contribution in [3.63, 3.8) is 0 Å². The van der Waals surface area contributed by atoms with Gasteiger partial charge in [-0.25, -0.2) is 9.97 Å². The fourth-order valence-electron chi connectivity index (χ4n) is 6.21. The lowest BCUT2D eigenvalue weighted by atomic mass is 9.75. The molecule has 0 saturated heterocycles. The minimum Gasteiger partial charge on any atom is -0.255 e. The zero-order valence-corrected chi connectivity index (χ0v) is 24.5. The number of rotatable bonds is 5. The third-order valence-electron chi connectivity index (χ3n) is 8.45. The Hall–Kier alpha value is -6.00. The fourth-order valence-corrected chi connectivity index (χ4v) is 6.21. The summed E-state index contributed by atoms with van der Waals surface area (Å²) in [6, 6.07) is 46.0. The third-order valence-corrected chi connectivity index (χ3v) is 8.45. The maximum Gasteiger partial charge on any atom is 0.179 e. The van der Waals surface area contributed by atoms with Gasteiger partial charge < -0.3 is 0 Å². The van der Waals surface area contributed by atoms with Crippen molar-refractivity contribution in [2.45, 2.75) is 5.92 Å². The highest BCUT2D eigenvalue weighted by Crippen LogP contribution is 2.46. The Morgan fingerprint density at radius 2 is 1.22 bits per heavy atom. The summed E-state index contributed by atoms with van der Waals surface area (Å²) in [7, 11) is 0. The smallest absolute Gasteiger partial charge is 0.179 e. The molecule has 3 aromatic heterocycles. The zero-order chi connectivity index (χ0) is 30.2. The first-order valence-corrected chi connectivity index (χ1v) is 15.0. The average Bonchev–Trinajstić information content (AvgIpc) is 3.13. The van der Waals surface area contributed by atoms with Crippen molar-refractivity contribution < 1.29 is 0 Å². The molecule has 3 heterocycles. The summed E-state index contributed by atoms with van der Waals surface area (Å²) >= 11 is 0. The highest BCUT2D eigenvalue weighted by molar-refractivity contribution is 6.05. The van der Waals surface area contributed by atoms with Crippen molar-refractivity contribution in [3.8, 4) is 34.2 Å². The molecule has 0 N–H and O–H groups in total. The van der Waals surface area contributed by atoms with Gasteiger partial charge in [0.25, 0.3) is 0 Å². The second-order valence-electron chi connectivity index (χ2n) is 11.2. The van der Waals surface area contributed by atoms with Crippen molar-refractivity contribution in [1.29, 1.82) is 0 Å². The molecule has 0 saturated carbocycles. The van der Waals surface area contributed by atoms with Gasteiger partial charge in [0.2, 0.25) is 0 Å². The predicted octanol–water partition coefficient (Wildman–Crippen LogP) is 9.66. The lowest BCUT2D eigenvalue weighted by Gasteiger charge is -2.29. The molecule has 4 nitrogen and oxygen atoms in total. The van der Waals surface area contributed by atoms with Crippen molar-refractivity contribution in [2.24, 2.45) is 0 Å². The molecule has 0 radical (unpaired) electrons. The van der Waals surface area contributed by atoms with E-state index in [1.165, 1.54) is 38.6 Å². The van der Waals surface area contributed by atoms with E-state index in [9.17, 15) is 0 Å². The van der Waals surface area contributed by atoms with Crippen LogP contribution in [-0.2, 0) is 0 Å². The molecule has 1 atom stereocenters. The highest BCUT2D eigenvalue weighted by atomic mass is 14.9. The van der Waals surface area contributed by atoms with E-state index >= 15 is 0 Å². The van der Waals surface area contributed by atoms with Gasteiger partial charge in [-0.15, -0.1) is 0 Å². The number of pyridine rings is 2. The molecule has 0 bridgehead atoms. The molecule has 1 unspecified atom stereocenters. The van der Waals surface area contributed by atoms with Crippen LogP contribution in [0.5, 0.6) is 0 Å². The van der Waals surface area contributed by atoms with Crippen molar-refractivity contribution >= 4 is 21.9 Å². The van der Waals surface area contributed by atoms with Crippen LogP contribution in [-0.4, -0.2) is 19.9 Å². The Bertz CT molecular complexity index is 2150. The Morgan fingerprint density at radius 3 is 1.98 bits per heavy atom. The lowest BCUT2D eigenvalue weighted by Crippen LogP contribution is -2.09. The van der Waals surface area contributed by atoms with Gasteiger partial charge in [-0.05, 0) is 74.5 Å². The Kier molecular flexibility index (Phi) is 6.65. The number of hydrogen-bond donors (Lipinski definition) is 0. The number of benzene rings is 4. The molecular weight excluding hydrogens is 548 g/mol. The third kappa shape index (κ3) is 4.92. The summed E-state index contributed by atoms with van der Waals surface area (Å²) in [6.07, 6.45) is 5.92. The first kappa shape index (κ1) is 26.6. The van der Waals surface area contributed by atoms with Crippen LogP contribution in [0.2, 0.25) is 0 Å². The van der Waals surface area contributed by atoms with Gasteiger partial charge in [0.15, 0.2) is 5.82 Å². The van der Waals surface area contributed by atoms with Crippen LogP contribution in [0.25, 0.3) is 56.1 Å². The van der Waals surface area contributed by atoms with Crippen LogP contribution in [0.1, 0.15) is 28.2 Å². The SMILES string of the molecule is C=C1c2ccc3ccccc3c2C(c2ccccc2)=CC1c1ccc(-c2cc(-c3ccccn3)nc(-c3ccccn3)n2)cc1. The van der Waals surface area contributed by atoms with Crippen LogP contribution >= 0.6 is 0 Å². The Balaban J connectivity index is 1.22. The van der Waals surface area contributed by atoms with E-state index in [0.717, 1.165) is 33.9 Å². The molecule has 45 heavy (non-hydrogen) atoms. The summed E-state index contributed by atoms with van der Waals surface area (Å²) in [5.41, 5.74) is 11.2. The maximum atomic E-state index is 4.94. The van der Waals surface area contributed by atoms with E-state index in [0.29, 0.717) is 5.82 Å². The molecule has 1 aliphatic rings. The van der Waals surface area contributed by atoms with Crippen LogP contribution < -0.4 is 0 Å². The van der Waals surface area contributed by atoms with Gasteiger partial charge in [-0.3, -0.25) is 9.97 Å². The summed E-state index contributed by atoms with van der Waals surface area (Å²) in [5.74, 6) is 0.597. The van der Waals surface area contributed by atoms with Crippen LogP contribution in [0.3, 0.4) is 0 Å². The zero-order valence-electron chi connectivity index (χ0n) is 24.5. The van der Waals surface area contributed by atoms with E-state index in [1.807, 2.05) is 42.5 Å². The number of nitrogens with zero attached hydrogens (tertiary/aromatic N) is 4. The van der Waals surface area contributed by atoms with Gasteiger partial charge in [0.1, 0.15) is 5.69 Å². The van der Waals surface area contributed by atoms with Crippen LogP contribution in [0.15, 0.2) is 159 Å². The van der Waals surface area contributed by atoms with Gasteiger partial charge in [-0.1, -0.05) is 116 Å². The fraction of sp³-hybridized carbons (Fsp3) is 0.0244. The van der Waals surface area contributed by atoms with Gasteiger partial charge >= 0.3 is 0 Å². The highest BCUT2D eigenvalue weighted by Gasteiger charge is 2.27. The largest absolute Gasteiger partial charge is 0.255 e. The van der Waals surface area contributed by atoms with Crippen molar-refractivity contribution in [3.05, 3.63) is 181 Å². The van der Waals surface area contributed by atoms with Crippen LogP contribution in [0.4, 0.5) is 0 Å². The molecule has 7 aromatic rings. The van der Waals surface area contributed by atoms with Gasteiger partial charge in [-0.2, -0.15) is 0 Å². The van der Waals surface area contributed by atoms with Gasteiger partial charge in [0.05, 0.1) is 17.1 Å². The molecule has 212 valence electrons. The number of hydrogen-bond acceptors (Lipinski definition) is 4. The molecular formula is C41H28N4. The molecule has 4 aromatic carbocycles. The minimum absolute atomic E-state index is 0.0291. The van der Waals surface area contributed by atoms with E-state index in [2.05, 4.69) is 114 Å². The molecule has 0 aliphatic heterocycles. The van der Waals surface area contributed by atoms with E-state index in [1.54, 1.807) is 12.4 Å². The van der Waals surface area contributed by atoms with Crippen LogP contribution in [0, 0.1) is 0 Å². The van der Waals surface area contributed by atoms with Crippen molar-refractivity contribution in [1.82, 2.24) is 19.9 Å². The molecule has 0 fully saturated rings. The second-order valence-corrected chi connectivity index (χ2v) is 11.2. The van der Waals surface area contributed by atoms with E-state index in [-0.39, 0.29) is 5.92 Å². The summed E-state index contributed by atoms with van der Waals surface area (Å²) < 4.78 is 0. The van der Waals surface area contributed by atoms with Crippen molar-refractivity contribution in [2.75, 3.05) is 0 Å². The molecule has 8 rings (SSSR count). The normalized spacial score (nSPS) is 14.2. The number of aromatic nitrogens is 4. The van der Waals surface area contributed by atoms with Gasteiger partial charge in [0, 0.05) is 23.9 Å². The molecule has 1 aliphatic carbocycles. The summed E-state index contributed by atoms with van der Waals surface area (Å²) in [6.45, 7) is 4.64. The van der Waals surface area contributed by atoms with E-state index < -0.39 is 0 Å². The summed E-state index contributed by atoms with van der Waals surface area (Å²) in [5, 5.41) is 2.48. The predicted molar refractivity (Wildman–Crippen MR) is 183 cm³/mol. The first-order valence-electron chi connectivity index (χ1n) is 15.0. The standard InChI is InChI=1S/C41H28N4/c1-27-32-22-21-29-13-5-6-14-33(29)40(32)35(28-11-3-2-4-12-28)25-34(27)30-17-19-31(20-18-30)38-26-39(36-15-7-9-23-42-36)45-41(44-38)37-16-8-10-24-43-37/h2-26,34H,1H2. The Labute approximate surface area is 262 Å². The van der Waals surface area contributed by atoms with E-state index in [4.69, 9.17) is 9.97 Å². The average molecular weight is 577 g/mol. The Morgan fingerprint density at radius 1 is 0.533 bits per heavy atom. The summed E-state index contributed by atoms with van der Waals surface area (Å²) in [4.78, 5) is 18.8. The lowest BCUT2D eigenvalue weighted by molar-refractivity contribution is 1.09.